The highest BCUT2D eigenvalue weighted by atomic mass is 127. The lowest BCUT2D eigenvalue weighted by atomic mass is 10.2. The first-order chi connectivity index (χ1) is 8.22. The Kier molecular flexibility index (Phi) is 3.39. The quantitative estimate of drug-likeness (QED) is 0.823. The Morgan fingerprint density at radius 3 is 2.94 bits per heavy atom. The van der Waals surface area contributed by atoms with Crippen molar-refractivity contribution in [2.45, 2.75) is 0 Å². The third kappa shape index (κ3) is 2.45. The Hall–Kier alpha value is -1.88. The minimum atomic E-state index is -0.268. The molecule has 0 atom stereocenters. The summed E-state index contributed by atoms with van der Waals surface area (Å²) >= 11 is 2.08. The summed E-state index contributed by atoms with van der Waals surface area (Å²) in [6.07, 6.45) is 1.37. The van der Waals surface area contributed by atoms with Crippen molar-refractivity contribution in [3.8, 4) is 6.07 Å². The van der Waals surface area contributed by atoms with Gasteiger partial charge in [-0.05, 0) is 34.7 Å². The van der Waals surface area contributed by atoms with Gasteiger partial charge in [-0.15, -0.1) is 0 Å². The number of aromatic amines is 1. The summed E-state index contributed by atoms with van der Waals surface area (Å²) in [5, 5.41) is 17.7. The lowest BCUT2D eigenvalue weighted by Gasteiger charge is -2.04. The smallest absolute Gasteiger partial charge is 0.257 e. The molecular weight excluding hydrogens is 331 g/mol. The number of amides is 1. The molecule has 0 unspecified atom stereocenters. The third-order valence-corrected chi connectivity index (χ3v) is 3.06. The number of H-pyrrole nitrogens is 1. The molecule has 0 aliphatic carbocycles. The molecule has 2 aromatic rings. The minimum Gasteiger partial charge on any atom is -0.306 e. The zero-order valence-corrected chi connectivity index (χ0v) is 10.7. The first kappa shape index (κ1) is 11.6. The number of rotatable bonds is 2. The van der Waals surface area contributed by atoms with E-state index in [9.17, 15) is 4.79 Å². The van der Waals surface area contributed by atoms with Gasteiger partial charge in [-0.3, -0.25) is 9.89 Å². The Morgan fingerprint density at radius 1 is 1.47 bits per heavy atom. The average Bonchev–Trinajstić information content (AvgIpc) is 2.76. The monoisotopic (exact) mass is 338 g/mol. The summed E-state index contributed by atoms with van der Waals surface area (Å²) in [5.74, 6) is 0.0490. The number of nitrogens with zero attached hydrogens (tertiary/aromatic N) is 2. The molecule has 1 heterocycles. The van der Waals surface area contributed by atoms with Crippen molar-refractivity contribution in [1.82, 2.24) is 10.2 Å². The molecule has 0 fully saturated rings. The van der Waals surface area contributed by atoms with Crippen molar-refractivity contribution < 1.29 is 4.79 Å². The molecule has 5 nitrogen and oxygen atoms in total. The van der Waals surface area contributed by atoms with Crippen LogP contribution in [0.25, 0.3) is 0 Å². The summed E-state index contributed by atoms with van der Waals surface area (Å²) in [5.41, 5.74) is 0.871. The van der Waals surface area contributed by atoms with Crippen molar-refractivity contribution in [2.24, 2.45) is 0 Å². The molecule has 0 saturated heterocycles. The van der Waals surface area contributed by atoms with Crippen LogP contribution in [0, 0.1) is 14.9 Å². The standard InChI is InChI=1S/C11H7IN4O/c12-9-4-2-1-3-8(9)11(17)15-10-7(5-13)6-14-16-10/h1-4,6H,(H2,14,15,16,17). The van der Waals surface area contributed by atoms with E-state index in [-0.39, 0.29) is 5.91 Å². The van der Waals surface area contributed by atoms with Crippen LogP contribution in [-0.4, -0.2) is 16.1 Å². The lowest BCUT2D eigenvalue weighted by Crippen LogP contribution is -2.14. The Morgan fingerprint density at radius 2 is 2.24 bits per heavy atom. The van der Waals surface area contributed by atoms with Gasteiger partial charge in [0.2, 0.25) is 0 Å². The number of nitriles is 1. The number of carbonyl (C=O) groups is 1. The van der Waals surface area contributed by atoms with E-state index in [0.29, 0.717) is 16.9 Å². The predicted molar refractivity (Wildman–Crippen MR) is 70.4 cm³/mol. The van der Waals surface area contributed by atoms with E-state index in [1.165, 1.54) is 6.20 Å². The molecule has 1 aromatic carbocycles. The van der Waals surface area contributed by atoms with Gasteiger partial charge in [-0.1, -0.05) is 12.1 Å². The van der Waals surface area contributed by atoms with Gasteiger partial charge in [-0.25, -0.2) is 0 Å². The van der Waals surface area contributed by atoms with Crippen LogP contribution in [0.4, 0.5) is 5.82 Å². The van der Waals surface area contributed by atoms with E-state index >= 15 is 0 Å². The van der Waals surface area contributed by atoms with Crippen molar-refractivity contribution in [1.29, 1.82) is 5.26 Å². The summed E-state index contributed by atoms with van der Waals surface area (Å²) in [4.78, 5) is 11.9. The van der Waals surface area contributed by atoms with Gasteiger partial charge in [0.15, 0.2) is 0 Å². The van der Waals surface area contributed by atoms with Gasteiger partial charge in [0.25, 0.3) is 5.91 Å². The fourth-order valence-corrected chi connectivity index (χ4v) is 1.92. The van der Waals surface area contributed by atoms with Gasteiger partial charge in [0, 0.05) is 3.57 Å². The van der Waals surface area contributed by atoms with Crippen LogP contribution in [-0.2, 0) is 0 Å². The molecular formula is C11H7IN4O. The highest BCUT2D eigenvalue weighted by molar-refractivity contribution is 14.1. The molecule has 0 aliphatic rings. The highest BCUT2D eigenvalue weighted by Gasteiger charge is 2.12. The van der Waals surface area contributed by atoms with E-state index in [2.05, 4.69) is 38.1 Å². The molecule has 6 heteroatoms. The maximum atomic E-state index is 11.9. The van der Waals surface area contributed by atoms with E-state index < -0.39 is 0 Å². The number of halogens is 1. The maximum Gasteiger partial charge on any atom is 0.257 e. The zero-order valence-electron chi connectivity index (χ0n) is 8.57. The van der Waals surface area contributed by atoms with Gasteiger partial charge in [-0.2, -0.15) is 10.4 Å². The summed E-state index contributed by atoms with van der Waals surface area (Å²) in [6.45, 7) is 0. The van der Waals surface area contributed by atoms with Crippen molar-refractivity contribution in [3.05, 3.63) is 45.2 Å². The molecule has 2 rings (SSSR count). The fraction of sp³-hybridized carbons (Fsp3) is 0. The van der Waals surface area contributed by atoms with Crippen LogP contribution in [0.2, 0.25) is 0 Å². The highest BCUT2D eigenvalue weighted by Crippen LogP contribution is 2.15. The molecule has 1 aromatic heterocycles. The van der Waals surface area contributed by atoms with Crippen LogP contribution < -0.4 is 5.32 Å². The van der Waals surface area contributed by atoms with Gasteiger partial charge >= 0.3 is 0 Å². The van der Waals surface area contributed by atoms with E-state index in [1.807, 2.05) is 18.2 Å². The maximum absolute atomic E-state index is 11.9. The van der Waals surface area contributed by atoms with E-state index in [0.717, 1.165) is 3.57 Å². The molecule has 17 heavy (non-hydrogen) atoms. The number of aromatic nitrogens is 2. The Bertz CT molecular complexity index is 600. The molecule has 2 N–H and O–H groups in total. The van der Waals surface area contributed by atoms with Crippen LogP contribution in [0.3, 0.4) is 0 Å². The molecule has 0 aliphatic heterocycles. The average molecular weight is 338 g/mol. The number of carbonyl (C=O) groups excluding carboxylic acids is 1. The first-order valence-electron chi connectivity index (χ1n) is 4.71. The van der Waals surface area contributed by atoms with Gasteiger partial charge in [0.1, 0.15) is 17.5 Å². The minimum absolute atomic E-state index is 0.268. The van der Waals surface area contributed by atoms with Gasteiger partial charge in [0.05, 0.1) is 11.8 Å². The first-order valence-corrected chi connectivity index (χ1v) is 5.79. The SMILES string of the molecule is N#Cc1cn[nH]c1NC(=O)c1ccccc1I. The lowest BCUT2D eigenvalue weighted by molar-refractivity contribution is 0.102. The number of hydrogen-bond donors (Lipinski definition) is 2. The molecule has 0 bridgehead atoms. The van der Waals surface area contributed by atoms with Crippen LogP contribution in [0.5, 0.6) is 0 Å². The summed E-state index contributed by atoms with van der Waals surface area (Å²) in [6, 6.07) is 9.14. The second-order valence-electron chi connectivity index (χ2n) is 3.20. The molecule has 0 saturated carbocycles. The largest absolute Gasteiger partial charge is 0.306 e. The Balaban J connectivity index is 2.24. The predicted octanol–water partition coefficient (Wildman–Crippen LogP) is 2.14. The molecule has 1 amide bonds. The zero-order chi connectivity index (χ0) is 12.3. The number of anilines is 1. The van der Waals surface area contributed by atoms with Crippen molar-refractivity contribution in [3.63, 3.8) is 0 Å². The van der Waals surface area contributed by atoms with Crippen LogP contribution in [0.1, 0.15) is 15.9 Å². The number of benzene rings is 1. The summed E-state index contributed by atoms with van der Waals surface area (Å²) < 4.78 is 0.848. The van der Waals surface area contributed by atoms with Crippen molar-refractivity contribution in [2.75, 3.05) is 5.32 Å². The fourth-order valence-electron chi connectivity index (χ4n) is 1.29. The third-order valence-electron chi connectivity index (χ3n) is 2.12. The van der Waals surface area contributed by atoms with Crippen molar-refractivity contribution >= 4 is 34.3 Å². The van der Waals surface area contributed by atoms with E-state index in [1.54, 1.807) is 12.1 Å². The number of hydrogen-bond acceptors (Lipinski definition) is 3. The molecule has 0 spiro atoms. The molecule has 0 radical (unpaired) electrons. The normalized spacial score (nSPS) is 9.65. The molecule has 84 valence electrons. The van der Waals surface area contributed by atoms with Gasteiger partial charge < -0.3 is 5.32 Å². The second-order valence-corrected chi connectivity index (χ2v) is 4.37. The second kappa shape index (κ2) is 4.97. The van der Waals surface area contributed by atoms with E-state index in [4.69, 9.17) is 5.26 Å². The number of nitrogens with one attached hydrogen (secondary N) is 2. The Labute approximate surface area is 111 Å². The van der Waals surface area contributed by atoms with Crippen LogP contribution >= 0.6 is 22.6 Å². The topological polar surface area (TPSA) is 81.6 Å². The summed E-state index contributed by atoms with van der Waals surface area (Å²) in [7, 11) is 0. The van der Waals surface area contributed by atoms with Crippen LogP contribution in [0.15, 0.2) is 30.5 Å².